The lowest BCUT2D eigenvalue weighted by Crippen LogP contribution is -2.36. The van der Waals surface area contributed by atoms with Crippen LogP contribution in [0.3, 0.4) is 0 Å². The van der Waals surface area contributed by atoms with E-state index in [9.17, 15) is 4.79 Å². The lowest BCUT2D eigenvalue weighted by Gasteiger charge is -2.20. The number of hydrogen-bond donors (Lipinski definition) is 1. The maximum atomic E-state index is 12.1. The molecular weight excluding hydrogens is 208 g/mol. The molecule has 1 aliphatic heterocycles. The summed E-state index contributed by atoms with van der Waals surface area (Å²) in [5.41, 5.74) is 0. The number of nitrogens with zero attached hydrogens (tertiary/aromatic N) is 1. The van der Waals surface area contributed by atoms with Crippen LogP contribution >= 0.6 is 11.8 Å². The summed E-state index contributed by atoms with van der Waals surface area (Å²) in [5, 5.41) is 3.38. The van der Waals surface area contributed by atoms with E-state index in [-0.39, 0.29) is 18.1 Å². The molecule has 1 fully saturated rings. The molecule has 1 amide bonds. The molecule has 3 nitrogen and oxygen atoms in total. The fraction of sp³-hybridized carbons (Fsp3) is 0.909. The molecule has 0 aromatic carbocycles. The highest BCUT2D eigenvalue weighted by molar-refractivity contribution is 7.98. The number of thioether (sulfide) groups is 1. The lowest BCUT2D eigenvalue weighted by atomic mass is 9.99. The maximum Gasteiger partial charge on any atom is 0.241 e. The fourth-order valence-electron chi connectivity index (χ4n) is 1.93. The van der Waals surface area contributed by atoms with Gasteiger partial charge in [-0.2, -0.15) is 11.8 Å². The van der Waals surface area contributed by atoms with E-state index in [1.54, 1.807) is 11.8 Å². The third-order valence-corrected chi connectivity index (χ3v) is 3.78. The van der Waals surface area contributed by atoms with Crippen LogP contribution < -0.4 is 5.32 Å². The molecule has 0 radical (unpaired) electrons. The van der Waals surface area contributed by atoms with Crippen LogP contribution in [-0.4, -0.2) is 41.6 Å². The molecule has 1 heterocycles. The topological polar surface area (TPSA) is 32.3 Å². The van der Waals surface area contributed by atoms with Crippen molar-refractivity contribution in [2.24, 2.45) is 5.92 Å². The van der Waals surface area contributed by atoms with Gasteiger partial charge < -0.3 is 4.90 Å². The molecule has 0 spiro atoms. The van der Waals surface area contributed by atoms with E-state index in [1.165, 1.54) is 0 Å². The first-order chi connectivity index (χ1) is 7.11. The molecule has 0 aromatic heterocycles. The number of carbonyl (C=O) groups excluding carboxylic acids is 1. The van der Waals surface area contributed by atoms with Crippen molar-refractivity contribution in [1.29, 1.82) is 0 Å². The van der Waals surface area contributed by atoms with Crippen LogP contribution in [0, 0.1) is 5.92 Å². The summed E-state index contributed by atoms with van der Waals surface area (Å²) in [6.07, 6.45) is 3.32. The number of nitrogens with one attached hydrogen (secondary N) is 1. The van der Waals surface area contributed by atoms with Crippen LogP contribution in [0.1, 0.15) is 27.2 Å². The molecule has 15 heavy (non-hydrogen) atoms. The lowest BCUT2D eigenvalue weighted by molar-refractivity contribution is -0.130. The van der Waals surface area contributed by atoms with Crippen molar-refractivity contribution in [3.8, 4) is 0 Å². The van der Waals surface area contributed by atoms with E-state index in [0.29, 0.717) is 5.92 Å². The molecule has 1 saturated heterocycles. The average Bonchev–Trinajstić information content (AvgIpc) is 2.51. The molecule has 1 N–H and O–H groups in total. The van der Waals surface area contributed by atoms with Gasteiger partial charge in [-0.15, -0.1) is 0 Å². The van der Waals surface area contributed by atoms with Gasteiger partial charge in [0.15, 0.2) is 0 Å². The van der Waals surface area contributed by atoms with E-state index < -0.39 is 0 Å². The Morgan fingerprint density at radius 2 is 2.27 bits per heavy atom. The van der Waals surface area contributed by atoms with Gasteiger partial charge in [-0.05, 0) is 19.1 Å². The first-order valence-electron chi connectivity index (χ1n) is 5.67. The van der Waals surface area contributed by atoms with Crippen molar-refractivity contribution in [3.05, 3.63) is 0 Å². The van der Waals surface area contributed by atoms with Crippen molar-refractivity contribution >= 4 is 17.7 Å². The second-order valence-electron chi connectivity index (χ2n) is 4.23. The van der Waals surface area contributed by atoms with Crippen LogP contribution in [0.5, 0.6) is 0 Å². The van der Waals surface area contributed by atoms with Crippen LogP contribution in [0.25, 0.3) is 0 Å². The van der Waals surface area contributed by atoms with Gasteiger partial charge in [0.2, 0.25) is 5.91 Å². The summed E-state index contributed by atoms with van der Waals surface area (Å²) in [4.78, 5) is 14.0. The summed E-state index contributed by atoms with van der Waals surface area (Å²) < 4.78 is 0. The number of hydrogen-bond acceptors (Lipinski definition) is 3. The van der Waals surface area contributed by atoms with E-state index in [2.05, 4.69) is 32.3 Å². The van der Waals surface area contributed by atoms with Crippen LogP contribution in [0.2, 0.25) is 0 Å². The zero-order chi connectivity index (χ0) is 11.4. The first-order valence-corrected chi connectivity index (χ1v) is 7.06. The Balaban J connectivity index is 2.57. The Morgan fingerprint density at radius 3 is 2.80 bits per heavy atom. The van der Waals surface area contributed by atoms with Crippen molar-refractivity contribution in [1.82, 2.24) is 10.2 Å². The second kappa shape index (κ2) is 5.75. The molecule has 4 heteroatoms. The Hall–Kier alpha value is -0.220. The minimum atomic E-state index is 0.0341. The number of rotatable bonds is 5. The quantitative estimate of drug-likeness (QED) is 0.777. The van der Waals surface area contributed by atoms with E-state index in [4.69, 9.17) is 0 Å². The minimum Gasteiger partial charge on any atom is -0.325 e. The van der Waals surface area contributed by atoms with E-state index >= 15 is 0 Å². The SMILES string of the molecule is CCC(C)C1NC(C)N(CCSC)C1=O. The Labute approximate surface area is 97.0 Å². The summed E-state index contributed by atoms with van der Waals surface area (Å²) in [6.45, 7) is 7.21. The smallest absolute Gasteiger partial charge is 0.241 e. The van der Waals surface area contributed by atoms with E-state index in [0.717, 1.165) is 18.7 Å². The third kappa shape index (κ3) is 2.88. The Morgan fingerprint density at radius 1 is 1.60 bits per heavy atom. The predicted molar refractivity (Wildman–Crippen MR) is 65.9 cm³/mol. The van der Waals surface area contributed by atoms with Gasteiger partial charge in [0.05, 0.1) is 12.2 Å². The van der Waals surface area contributed by atoms with Crippen molar-refractivity contribution < 1.29 is 4.79 Å². The summed E-state index contributed by atoms with van der Waals surface area (Å²) >= 11 is 1.79. The largest absolute Gasteiger partial charge is 0.325 e. The summed E-state index contributed by atoms with van der Waals surface area (Å²) in [5.74, 6) is 1.73. The zero-order valence-electron chi connectivity index (χ0n) is 10.1. The number of carbonyl (C=O) groups is 1. The molecule has 0 aliphatic carbocycles. The van der Waals surface area contributed by atoms with Gasteiger partial charge in [-0.1, -0.05) is 20.3 Å². The molecule has 88 valence electrons. The molecule has 0 aromatic rings. The number of amides is 1. The molecular formula is C11H22N2OS. The molecule has 3 atom stereocenters. The second-order valence-corrected chi connectivity index (χ2v) is 5.22. The summed E-state index contributed by atoms with van der Waals surface area (Å²) in [6, 6.07) is 0.0341. The predicted octanol–water partition coefficient (Wildman–Crippen LogP) is 1.54. The highest BCUT2D eigenvalue weighted by Gasteiger charge is 2.38. The molecule has 3 unspecified atom stereocenters. The molecule has 0 saturated carbocycles. The van der Waals surface area contributed by atoms with Crippen molar-refractivity contribution in [3.63, 3.8) is 0 Å². The minimum absolute atomic E-state index is 0.0341. The van der Waals surface area contributed by atoms with E-state index in [1.807, 2.05) is 4.90 Å². The standard InChI is InChI=1S/C11H22N2OS/c1-5-8(2)10-11(14)13(6-7-15-4)9(3)12-10/h8-10,12H,5-7H2,1-4H3. The van der Waals surface area contributed by atoms with Crippen molar-refractivity contribution in [2.45, 2.75) is 39.4 Å². The highest BCUT2D eigenvalue weighted by atomic mass is 32.2. The Kier molecular flexibility index (Phi) is 4.93. The van der Waals surface area contributed by atoms with Gasteiger partial charge in [-0.3, -0.25) is 10.1 Å². The van der Waals surface area contributed by atoms with Gasteiger partial charge in [-0.25, -0.2) is 0 Å². The van der Waals surface area contributed by atoms with Gasteiger partial charge in [0, 0.05) is 12.3 Å². The molecule has 1 rings (SSSR count). The van der Waals surface area contributed by atoms with Crippen molar-refractivity contribution in [2.75, 3.05) is 18.6 Å². The van der Waals surface area contributed by atoms with Crippen LogP contribution in [-0.2, 0) is 4.79 Å². The van der Waals surface area contributed by atoms with Crippen LogP contribution in [0.4, 0.5) is 0 Å². The molecule has 1 aliphatic rings. The normalized spacial score (nSPS) is 28.5. The average molecular weight is 230 g/mol. The van der Waals surface area contributed by atoms with Gasteiger partial charge in [0.25, 0.3) is 0 Å². The highest BCUT2D eigenvalue weighted by Crippen LogP contribution is 2.19. The summed E-state index contributed by atoms with van der Waals surface area (Å²) in [7, 11) is 0. The first kappa shape index (κ1) is 12.8. The van der Waals surface area contributed by atoms with Crippen LogP contribution in [0.15, 0.2) is 0 Å². The van der Waals surface area contributed by atoms with Gasteiger partial charge >= 0.3 is 0 Å². The Bertz CT molecular complexity index is 223. The maximum absolute atomic E-state index is 12.1. The zero-order valence-corrected chi connectivity index (χ0v) is 10.9. The third-order valence-electron chi connectivity index (χ3n) is 3.19. The van der Waals surface area contributed by atoms with Gasteiger partial charge in [0.1, 0.15) is 0 Å². The monoisotopic (exact) mass is 230 g/mol. The molecule has 0 bridgehead atoms. The fourth-order valence-corrected chi connectivity index (χ4v) is 2.31.